The summed E-state index contributed by atoms with van der Waals surface area (Å²) in [4.78, 5) is 13.1. The molecular formula is C47H83NO18. The normalized spacial score (nSPS) is 34.1. The summed E-state index contributed by atoms with van der Waals surface area (Å²) in [6.07, 6.45) is 1.49. The van der Waals surface area contributed by atoms with Crippen molar-refractivity contribution in [1.29, 1.82) is 0 Å². The molecule has 0 aromatic rings. The van der Waals surface area contributed by atoms with E-state index in [0.717, 1.165) is 70.6 Å². The lowest BCUT2D eigenvalue weighted by Gasteiger charge is -2.48. The van der Waals surface area contributed by atoms with Gasteiger partial charge in [0.05, 0.1) is 38.6 Å². The smallest absolute Gasteiger partial charge is 0.220 e. The average Bonchev–Trinajstić information content (AvgIpc) is 3.31. The van der Waals surface area contributed by atoms with Crippen molar-refractivity contribution >= 4 is 5.91 Å². The van der Waals surface area contributed by atoms with E-state index in [2.05, 4.69) is 55.6 Å². The van der Waals surface area contributed by atoms with Crippen molar-refractivity contribution in [3.8, 4) is 0 Å². The third-order valence-electron chi connectivity index (χ3n) is 12.2. The molecule has 19 heteroatoms. The Morgan fingerprint density at radius 3 is 1.62 bits per heavy atom. The van der Waals surface area contributed by atoms with Gasteiger partial charge in [0.1, 0.15) is 73.2 Å². The number of allylic oxidation sites excluding steroid dienone is 6. The summed E-state index contributed by atoms with van der Waals surface area (Å²) in [5.41, 5.74) is 0. The number of carbonyl (C=O) groups is 1. The first kappa shape index (κ1) is 58.3. The summed E-state index contributed by atoms with van der Waals surface area (Å²) < 4.78 is 34.0. The van der Waals surface area contributed by atoms with E-state index in [0.29, 0.717) is 12.8 Å². The summed E-state index contributed by atoms with van der Waals surface area (Å²) >= 11 is 0. The number of hydrogen-bond acceptors (Lipinski definition) is 18. The van der Waals surface area contributed by atoms with E-state index in [4.69, 9.17) is 28.4 Å². The van der Waals surface area contributed by atoms with Gasteiger partial charge in [0.25, 0.3) is 0 Å². The highest BCUT2D eigenvalue weighted by Crippen LogP contribution is 2.33. The molecule has 3 saturated heterocycles. The zero-order valence-corrected chi connectivity index (χ0v) is 38.9. The van der Waals surface area contributed by atoms with Gasteiger partial charge in [-0.15, -0.1) is 0 Å². The largest absolute Gasteiger partial charge is 0.394 e. The van der Waals surface area contributed by atoms with Gasteiger partial charge in [-0.05, 0) is 44.9 Å². The monoisotopic (exact) mass is 950 g/mol. The molecule has 3 heterocycles. The van der Waals surface area contributed by atoms with Crippen LogP contribution < -0.4 is 5.32 Å². The molecule has 3 rings (SSSR count). The number of carbonyl (C=O) groups excluding carboxylic acids is 1. The third-order valence-corrected chi connectivity index (χ3v) is 12.2. The van der Waals surface area contributed by atoms with Crippen LogP contribution in [0, 0.1) is 0 Å². The molecule has 3 aliphatic rings. The number of unbranched alkanes of at least 4 members (excludes halogenated alkanes) is 10. The van der Waals surface area contributed by atoms with E-state index >= 15 is 0 Å². The number of rotatable bonds is 32. The molecule has 17 unspecified atom stereocenters. The zero-order valence-electron chi connectivity index (χ0n) is 38.9. The first-order valence-corrected chi connectivity index (χ1v) is 24.2. The fourth-order valence-electron chi connectivity index (χ4n) is 8.15. The van der Waals surface area contributed by atoms with Crippen LogP contribution in [0.15, 0.2) is 36.5 Å². The van der Waals surface area contributed by atoms with E-state index in [1.165, 1.54) is 19.3 Å². The van der Waals surface area contributed by atoms with Gasteiger partial charge in [0, 0.05) is 6.42 Å². The van der Waals surface area contributed by atoms with Crippen LogP contribution in [0.25, 0.3) is 0 Å². The van der Waals surface area contributed by atoms with E-state index < -0.39 is 124 Å². The fraction of sp³-hybridized carbons (Fsp3) is 0.851. The summed E-state index contributed by atoms with van der Waals surface area (Å²) in [7, 11) is 0. The zero-order chi connectivity index (χ0) is 48.4. The van der Waals surface area contributed by atoms with Crippen LogP contribution in [0.5, 0.6) is 0 Å². The van der Waals surface area contributed by atoms with Crippen LogP contribution in [0.3, 0.4) is 0 Å². The Balaban J connectivity index is 1.57. The second kappa shape index (κ2) is 32.8. The Hall–Kier alpha value is -1.99. The maximum Gasteiger partial charge on any atom is 0.220 e. The molecule has 3 aliphatic heterocycles. The Kier molecular flexibility index (Phi) is 28.9. The number of ether oxygens (including phenoxy) is 6. The Bertz CT molecular complexity index is 1370. The van der Waals surface area contributed by atoms with Crippen LogP contribution in [0.4, 0.5) is 0 Å². The van der Waals surface area contributed by atoms with Crippen molar-refractivity contribution in [2.45, 2.75) is 227 Å². The van der Waals surface area contributed by atoms with E-state index in [1.807, 2.05) is 0 Å². The lowest BCUT2D eigenvalue weighted by Crippen LogP contribution is -2.66. The van der Waals surface area contributed by atoms with Gasteiger partial charge in [-0.3, -0.25) is 4.79 Å². The van der Waals surface area contributed by atoms with Crippen LogP contribution in [0.1, 0.15) is 123 Å². The highest BCUT2D eigenvalue weighted by Gasteiger charge is 2.53. The Labute approximate surface area is 390 Å². The number of aliphatic hydroxyl groups excluding tert-OH is 11. The van der Waals surface area contributed by atoms with Gasteiger partial charge >= 0.3 is 0 Å². The molecule has 0 aromatic heterocycles. The van der Waals surface area contributed by atoms with Crippen LogP contribution in [-0.2, 0) is 33.2 Å². The predicted molar refractivity (Wildman–Crippen MR) is 240 cm³/mol. The average molecular weight is 950 g/mol. The molecule has 17 atom stereocenters. The van der Waals surface area contributed by atoms with Crippen molar-refractivity contribution in [3.63, 3.8) is 0 Å². The maximum absolute atomic E-state index is 13.1. The maximum atomic E-state index is 13.1. The molecule has 0 aliphatic carbocycles. The topological polar surface area (TPSA) is 307 Å². The predicted octanol–water partition coefficient (Wildman–Crippen LogP) is 0.637. The summed E-state index contributed by atoms with van der Waals surface area (Å²) in [5, 5.41) is 119. The minimum Gasteiger partial charge on any atom is -0.394 e. The lowest BCUT2D eigenvalue weighted by molar-refractivity contribution is -0.379. The van der Waals surface area contributed by atoms with Crippen molar-refractivity contribution in [1.82, 2.24) is 5.32 Å². The van der Waals surface area contributed by atoms with E-state index in [-0.39, 0.29) is 18.9 Å². The van der Waals surface area contributed by atoms with Gasteiger partial charge in [-0.2, -0.15) is 0 Å². The summed E-state index contributed by atoms with van der Waals surface area (Å²) in [6, 6.07) is -0.897. The second-order valence-corrected chi connectivity index (χ2v) is 17.5. The van der Waals surface area contributed by atoms with Gasteiger partial charge in [0.15, 0.2) is 18.9 Å². The molecule has 66 heavy (non-hydrogen) atoms. The molecule has 19 nitrogen and oxygen atoms in total. The second-order valence-electron chi connectivity index (χ2n) is 17.5. The van der Waals surface area contributed by atoms with Crippen LogP contribution in [0.2, 0.25) is 0 Å². The summed E-state index contributed by atoms with van der Waals surface area (Å²) in [5.74, 6) is -0.279. The first-order chi connectivity index (χ1) is 31.8. The molecule has 12 N–H and O–H groups in total. The number of nitrogens with one attached hydrogen (secondary N) is 1. The van der Waals surface area contributed by atoms with E-state index in [9.17, 15) is 61.0 Å². The molecule has 3 fully saturated rings. The van der Waals surface area contributed by atoms with Crippen LogP contribution >= 0.6 is 0 Å². The molecule has 384 valence electrons. The standard InChI is InChI=1S/C47H83NO18/c1-3-5-7-9-11-13-14-15-16-17-19-21-23-25-35(53)48-30(31(52)24-22-20-18-12-10-8-6-4-2)29-61-45-41(59)38(56)43(33(27-50)63-45)66-47-42(60)39(57)44(34(28-51)64-47)65-46-40(58)37(55)36(54)32(26-49)62-46/h5,7,11,13,15-16,30-34,36-47,49-52,54-60H,3-4,6,8-10,12,14,17-29H2,1-2H3,(H,48,53)/b7-5-,13-11-,16-15-. The number of amides is 1. The van der Waals surface area contributed by atoms with Crippen molar-refractivity contribution in [2.75, 3.05) is 26.4 Å². The van der Waals surface area contributed by atoms with Gasteiger partial charge in [-0.1, -0.05) is 108 Å². The first-order valence-electron chi connectivity index (χ1n) is 24.2. The third kappa shape index (κ3) is 19.1. The molecule has 0 bridgehead atoms. The SMILES string of the molecule is CC/C=C\C/C=C\C/C=C\CCCCCC(=O)NC(COC1OC(CO)C(OC2OC(CO)C(OC3OC(CO)C(O)C(O)C3O)C(O)C2O)C(O)C1O)C(O)CCCCCCCCCC. The quantitative estimate of drug-likeness (QED) is 0.0325. The van der Waals surface area contributed by atoms with Crippen molar-refractivity contribution in [3.05, 3.63) is 36.5 Å². The Morgan fingerprint density at radius 1 is 0.561 bits per heavy atom. The van der Waals surface area contributed by atoms with Gasteiger partial charge in [0.2, 0.25) is 5.91 Å². The highest BCUT2D eigenvalue weighted by molar-refractivity contribution is 5.76. The van der Waals surface area contributed by atoms with Crippen molar-refractivity contribution in [2.24, 2.45) is 0 Å². The molecule has 0 spiro atoms. The molecule has 1 amide bonds. The van der Waals surface area contributed by atoms with Crippen molar-refractivity contribution < 1.29 is 89.4 Å². The van der Waals surface area contributed by atoms with Crippen LogP contribution in [-0.4, -0.2) is 193 Å². The number of aliphatic hydroxyl groups is 11. The van der Waals surface area contributed by atoms with Gasteiger partial charge in [-0.25, -0.2) is 0 Å². The molecule has 0 saturated carbocycles. The number of hydrogen-bond donors (Lipinski definition) is 12. The minimum absolute atomic E-state index is 0.229. The lowest BCUT2D eigenvalue weighted by atomic mass is 9.96. The molecular weight excluding hydrogens is 867 g/mol. The fourth-order valence-corrected chi connectivity index (χ4v) is 8.15. The minimum atomic E-state index is -1.97. The highest BCUT2D eigenvalue weighted by atomic mass is 16.8. The molecule has 0 aromatic carbocycles. The summed E-state index contributed by atoms with van der Waals surface area (Å²) in [6.45, 7) is 1.55. The van der Waals surface area contributed by atoms with E-state index in [1.54, 1.807) is 0 Å². The molecule has 0 radical (unpaired) electrons. The van der Waals surface area contributed by atoms with Gasteiger partial charge < -0.3 is 89.9 Å². The Morgan fingerprint density at radius 2 is 1.05 bits per heavy atom.